The number of unbranched alkanes of at least 4 members (excludes halogenated alkanes) is 1. The maximum atomic E-state index is 11.8. The minimum absolute atomic E-state index is 0.0646. The molecular formula is C14H21N3O3. The van der Waals surface area contributed by atoms with Crippen LogP contribution in [0.15, 0.2) is 11.0 Å². The third-order valence-electron chi connectivity index (χ3n) is 3.43. The molecule has 0 aromatic carbocycles. The molecule has 1 saturated heterocycles. The first kappa shape index (κ1) is 14.7. The number of aromatic amines is 1. The number of nitrogens with zero attached hydrogens (tertiary/aromatic N) is 1. The lowest BCUT2D eigenvalue weighted by Crippen LogP contribution is -2.31. The van der Waals surface area contributed by atoms with Crippen molar-refractivity contribution in [3.63, 3.8) is 0 Å². The molecule has 0 saturated carbocycles. The van der Waals surface area contributed by atoms with Gasteiger partial charge >= 0.3 is 0 Å². The predicted octanol–water partition coefficient (Wildman–Crippen LogP) is 1.16. The van der Waals surface area contributed by atoms with Crippen LogP contribution in [0.25, 0.3) is 0 Å². The van der Waals surface area contributed by atoms with Gasteiger partial charge in [-0.05, 0) is 39.0 Å². The molecule has 6 nitrogen and oxygen atoms in total. The van der Waals surface area contributed by atoms with E-state index in [9.17, 15) is 9.59 Å². The first-order chi connectivity index (χ1) is 9.66. The Balaban J connectivity index is 1.68. The summed E-state index contributed by atoms with van der Waals surface area (Å²) < 4.78 is 5.54. The normalized spacial score (nSPS) is 18.1. The number of aryl methyl sites for hydroxylation is 1. The topological polar surface area (TPSA) is 84.1 Å². The van der Waals surface area contributed by atoms with Gasteiger partial charge in [-0.3, -0.25) is 9.59 Å². The number of hydrogen-bond acceptors (Lipinski definition) is 4. The number of carbonyl (C=O) groups is 1. The van der Waals surface area contributed by atoms with Gasteiger partial charge in [-0.2, -0.15) is 0 Å². The van der Waals surface area contributed by atoms with Crippen LogP contribution in [-0.2, 0) is 4.74 Å². The summed E-state index contributed by atoms with van der Waals surface area (Å²) in [5.74, 6) is 0.138. The molecule has 1 amide bonds. The number of ether oxygens (including phenoxy) is 1. The second kappa shape index (κ2) is 7.19. The largest absolute Gasteiger partial charge is 0.378 e. The number of hydrogen-bond donors (Lipinski definition) is 2. The highest BCUT2D eigenvalue weighted by Gasteiger charge is 2.14. The molecule has 20 heavy (non-hydrogen) atoms. The lowest BCUT2D eigenvalue weighted by molar-refractivity contribution is 0.0945. The molecule has 2 rings (SSSR count). The number of aromatic nitrogens is 2. The number of amides is 1. The van der Waals surface area contributed by atoms with Crippen LogP contribution < -0.4 is 10.9 Å². The Kier molecular flexibility index (Phi) is 5.29. The Labute approximate surface area is 118 Å². The number of rotatable bonds is 6. The van der Waals surface area contributed by atoms with E-state index in [4.69, 9.17) is 4.74 Å². The highest BCUT2D eigenvalue weighted by Crippen LogP contribution is 2.17. The maximum Gasteiger partial charge on any atom is 0.263 e. The van der Waals surface area contributed by atoms with Crippen LogP contribution >= 0.6 is 0 Å². The van der Waals surface area contributed by atoms with E-state index in [1.54, 1.807) is 6.92 Å². The van der Waals surface area contributed by atoms with Crippen molar-refractivity contribution in [3.8, 4) is 0 Å². The molecule has 1 atom stereocenters. The van der Waals surface area contributed by atoms with Crippen LogP contribution in [0.2, 0.25) is 0 Å². The second-order valence-electron chi connectivity index (χ2n) is 5.10. The van der Waals surface area contributed by atoms with Gasteiger partial charge in [0.2, 0.25) is 0 Å². The molecule has 1 aliphatic heterocycles. The zero-order valence-corrected chi connectivity index (χ0v) is 11.8. The van der Waals surface area contributed by atoms with Crippen molar-refractivity contribution in [1.29, 1.82) is 0 Å². The van der Waals surface area contributed by atoms with Crippen molar-refractivity contribution in [1.82, 2.24) is 15.3 Å². The molecule has 6 heteroatoms. The molecule has 0 radical (unpaired) electrons. The summed E-state index contributed by atoms with van der Waals surface area (Å²) >= 11 is 0. The first-order valence-electron chi connectivity index (χ1n) is 7.12. The molecule has 1 aromatic rings. The molecule has 0 bridgehead atoms. The zero-order valence-electron chi connectivity index (χ0n) is 11.8. The molecule has 1 unspecified atom stereocenters. The van der Waals surface area contributed by atoms with Crippen LogP contribution in [0.4, 0.5) is 0 Å². The Morgan fingerprint density at radius 1 is 1.55 bits per heavy atom. The van der Waals surface area contributed by atoms with Crippen molar-refractivity contribution in [3.05, 3.63) is 27.9 Å². The van der Waals surface area contributed by atoms with Crippen molar-refractivity contribution < 1.29 is 9.53 Å². The predicted molar refractivity (Wildman–Crippen MR) is 74.8 cm³/mol. The van der Waals surface area contributed by atoms with E-state index in [-0.39, 0.29) is 11.5 Å². The monoisotopic (exact) mass is 279 g/mol. The van der Waals surface area contributed by atoms with Crippen LogP contribution in [0, 0.1) is 6.92 Å². The van der Waals surface area contributed by atoms with Crippen molar-refractivity contribution in [2.24, 2.45) is 0 Å². The summed E-state index contributed by atoms with van der Waals surface area (Å²) in [7, 11) is 0. The quantitative estimate of drug-likeness (QED) is 0.765. The Hall–Kier alpha value is -1.69. The fraction of sp³-hybridized carbons (Fsp3) is 0.643. The van der Waals surface area contributed by atoms with E-state index in [0.717, 1.165) is 38.7 Å². The molecule has 2 heterocycles. The van der Waals surface area contributed by atoms with Crippen molar-refractivity contribution >= 4 is 5.91 Å². The molecular weight excluding hydrogens is 258 g/mol. The second-order valence-corrected chi connectivity index (χ2v) is 5.10. The van der Waals surface area contributed by atoms with Crippen molar-refractivity contribution in [2.45, 2.75) is 45.1 Å². The average molecular weight is 279 g/mol. The lowest BCUT2D eigenvalue weighted by atomic mass is 10.1. The highest BCUT2D eigenvalue weighted by atomic mass is 16.5. The summed E-state index contributed by atoms with van der Waals surface area (Å²) in [5.41, 5.74) is -0.330. The van der Waals surface area contributed by atoms with E-state index in [2.05, 4.69) is 15.3 Å². The minimum Gasteiger partial charge on any atom is -0.378 e. The van der Waals surface area contributed by atoms with E-state index < -0.39 is 5.56 Å². The summed E-state index contributed by atoms with van der Waals surface area (Å²) in [4.78, 5) is 29.8. The SMILES string of the molecule is Cc1ncc(C(=O)NCCCCC2CCCO2)c(=O)[nH]1. The van der Waals surface area contributed by atoms with E-state index in [1.165, 1.54) is 6.20 Å². The van der Waals surface area contributed by atoms with Gasteiger partial charge in [0.05, 0.1) is 6.10 Å². The lowest BCUT2D eigenvalue weighted by Gasteiger charge is -2.09. The smallest absolute Gasteiger partial charge is 0.263 e. The van der Waals surface area contributed by atoms with Gasteiger partial charge in [-0.1, -0.05) is 0 Å². The Morgan fingerprint density at radius 2 is 2.40 bits per heavy atom. The standard InChI is InChI=1S/C14H21N3O3/c1-10-16-9-12(14(19)17-10)13(18)15-7-3-2-5-11-6-4-8-20-11/h9,11H,2-8H2,1H3,(H,15,18)(H,16,17,19). The highest BCUT2D eigenvalue weighted by molar-refractivity contribution is 5.93. The van der Waals surface area contributed by atoms with Crippen molar-refractivity contribution in [2.75, 3.05) is 13.2 Å². The molecule has 1 aromatic heterocycles. The number of H-pyrrole nitrogens is 1. The summed E-state index contributed by atoms with van der Waals surface area (Å²) in [6.45, 7) is 3.12. The average Bonchev–Trinajstić information content (AvgIpc) is 2.91. The summed E-state index contributed by atoms with van der Waals surface area (Å²) in [6, 6.07) is 0. The number of carbonyl (C=O) groups excluding carboxylic acids is 1. The summed E-state index contributed by atoms with van der Waals surface area (Å²) in [6.07, 6.45) is 6.98. The van der Waals surface area contributed by atoms with Crippen LogP contribution in [0.3, 0.4) is 0 Å². The van der Waals surface area contributed by atoms with Gasteiger partial charge in [0, 0.05) is 19.3 Å². The van der Waals surface area contributed by atoms with Crippen LogP contribution in [0.1, 0.15) is 48.3 Å². The van der Waals surface area contributed by atoms with Gasteiger partial charge < -0.3 is 15.0 Å². The third-order valence-corrected chi connectivity index (χ3v) is 3.43. The summed E-state index contributed by atoms with van der Waals surface area (Å²) in [5, 5.41) is 2.74. The maximum absolute atomic E-state index is 11.8. The van der Waals surface area contributed by atoms with E-state index in [0.29, 0.717) is 18.5 Å². The van der Waals surface area contributed by atoms with Gasteiger partial charge in [-0.25, -0.2) is 4.98 Å². The van der Waals surface area contributed by atoms with E-state index >= 15 is 0 Å². The van der Waals surface area contributed by atoms with Gasteiger partial charge in [0.1, 0.15) is 11.4 Å². The number of nitrogens with one attached hydrogen (secondary N) is 2. The van der Waals surface area contributed by atoms with Gasteiger partial charge in [-0.15, -0.1) is 0 Å². The Bertz CT molecular complexity index is 507. The molecule has 1 fully saturated rings. The fourth-order valence-corrected chi connectivity index (χ4v) is 2.31. The fourth-order valence-electron chi connectivity index (χ4n) is 2.31. The van der Waals surface area contributed by atoms with Gasteiger partial charge in [0.15, 0.2) is 0 Å². The Morgan fingerprint density at radius 3 is 3.10 bits per heavy atom. The molecule has 1 aliphatic rings. The zero-order chi connectivity index (χ0) is 14.4. The molecule has 110 valence electrons. The van der Waals surface area contributed by atoms with Crippen LogP contribution in [0.5, 0.6) is 0 Å². The van der Waals surface area contributed by atoms with E-state index in [1.807, 2.05) is 0 Å². The molecule has 0 spiro atoms. The molecule has 0 aliphatic carbocycles. The molecule has 2 N–H and O–H groups in total. The van der Waals surface area contributed by atoms with Gasteiger partial charge in [0.25, 0.3) is 11.5 Å². The minimum atomic E-state index is -0.394. The van der Waals surface area contributed by atoms with Crippen LogP contribution in [-0.4, -0.2) is 35.1 Å². The first-order valence-corrected chi connectivity index (χ1v) is 7.12. The third kappa shape index (κ3) is 4.16.